The summed E-state index contributed by atoms with van der Waals surface area (Å²) >= 11 is 12.5. The summed E-state index contributed by atoms with van der Waals surface area (Å²) < 4.78 is 22.3. The number of carbonyl (C=O) groups is 1. The smallest absolute Gasteiger partial charge is 0.343 e. The lowest BCUT2D eigenvalue weighted by molar-refractivity contribution is 0.0734. The third-order valence-electron chi connectivity index (χ3n) is 5.21. The number of nitrogens with zero attached hydrogens (tertiary/aromatic N) is 1. The molecule has 0 fully saturated rings. The Labute approximate surface area is 206 Å². The van der Waals surface area contributed by atoms with Crippen molar-refractivity contribution in [3.63, 3.8) is 0 Å². The van der Waals surface area contributed by atoms with Crippen LogP contribution < -0.4 is 19.9 Å². The summed E-state index contributed by atoms with van der Waals surface area (Å²) in [5.74, 6) is 0.186. The van der Waals surface area contributed by atoms with Crippen molar-refractivity contribution in [2.24, 2.45) is 5.73 Å². The SMILES string of the molecule is CCCCOc1c(Cl)cc(C(=O)Oc2ccc3c(c2)OC(N)=C(C#N)C3c2ccco2)cc1Cl. The number of ether oxygens (including phenoxy) is 3. The Kier molecular flexibility index (Phi) is 7.01. The van der Waals surface area contributed by atoms with Gasteiger partial charge in [-0.25, -0.2) is 4.79 Å². The van der Waals surface area contributed by atoms with Crippen molar-refractivity contribution in [2.75, 3.05) is 6.61 Å². The van der Waals surface area contributed by atoms with Crippen LogP contribution in [0.5, 0.6) is 17.2 Å². The summed E-state index contributed by atoms with van der Waals surface area (Å²) in [6.07, 6.45) is 3.33. The van der Waals surface area contributed by atoms with E-state index in [1.54, 1.807) is 24.3 Å². The molecule has 2 heterocycles. The van der Waals surface area contributed by atoms with Crippen LogP contribution in [0.15, 0.2) is 64.6 Å². The fraction of sp³-hybridized carbons (Fsp3) is 0.200. The van der Waals surface area contributed by atoms with E-state index in [1.807, 2.05) is 6.92 Å². The molecule has 0 aliphatic carbocycles. The average Bonchev–Trinajstić information content (AvgIpc) is 3.34. The Morgan fingerprint density at radius 2 is 1.97 bits per heavy atom. The number of furan rings is 1. The van der Waals surface area contributed by atoms with E-state index >= 15 is 0 Å². The monoisotopic (exact) mass is 498 g/mol. The second kappa shape index (κ2) is 10.1. The van der Waals surface area contributed by atoms with Gasteiger partial charge < -0.3 is 24.4 Å². The minimum atomic E-state index is -0.663. The Bertz CT molecular complexity index is 1270. The number of hydrogen-bond acceptors (Lipinski definition) is 7. The molecule has 1 aliphatic rings. The molecule has 0 bridgehead atoms. The van der Waals surface area contributed by atoms with Crippen LogP contribution in [-0.2, 0) is 0 Å². The molecule has 1 aliphatic heterocycles. The zero-order valence-corrected chi connectivity index (χ0v) is 19.7. The summed E-state index contributed by atoms with van der Waals surface area (Å²) in [5, 5.41) is 10.0. The minimum Gasteiger partial charge on any atom is -0.490 e. The van der Waals surface area contributed by atoms with Gasteiger partial charge in [-0.05, 0) is 36.8 Å². The van der Waals surface area contributed by atoms with Crippen LogP contribution in [-0.4, -0.2) is 12.6 Å². The van der Waals surface area contributed by atoms with E-state index in [4.69, 9.17) is 47.6 Å². The molecule has 0 amide bonds. The van der Waals surface area contributed by atoms with Gasteiger partial charge in [0.1, 0.15) is 28.9 Å². The fourth-order valence-corrected chi connectivity index (χ4v) is 4.14. The molecule has 0 saturated carbocycles. The summed E-state index contributed by atoms with van der Waals surface area (Å²) in [6, 6.07) is 13.3. The summed E-state index contributed by atoms with van der Waals surface area (Å²) in [6.45, 7) is 2.51. The number of unbranched alkanes of at least 4 members (excludes halogenated alkanes) is 1. The van der Waals surface area contributed by atoms with Crippen LogP contribution in [0.2, 0.25) is 10.0 Å². The zero-order chi connectivity index (χ0) is 24.2. The molecule has 174 valence electrons. The van der Waals surface area contributed by atoms with Gasteiger partial charge in [-0.3, -0.25) is 0 Å². The first-order valence-electron chi connectivity index (χ1n) is 10.5. The van der Waals surface area contributed by atoms with E-state index < -0.39 is 11.9 Å². The average molecular weight is 499 g/mol. The first kappa shape index (κ1) is 23.6. The lowest BCUT2D eigenvalue weighted by Gasteiger charge is -2.25. The Morgan fingerprint density at radius 3 is 2.62 bits per heavy atom. The lowest BCUT2D eigenvalue weighted by atomic mass is 9.87. The zero-order valence-electron chi connectivity index (χ0n) is 18.1. The summed E-state index contributed by atoms with van der Waals surface area (Å²) in [4.78, 5) is 12.8. The largest absolute Gasteiger partial charge is 0.490 e. The van der Waals surface area contributed by atoms with Crippen molar-refractivity contribution < 1.29 is 23.4 Å². The van der Waals surface area contributed by atoms with E-state index in [-0.39, 0.29) is 32.8 Å². The van der Waals surface area contributed by atoms with Crippen molar-refractivity contribution in [1.29, 1.82) is 5.26 Å². The molecule has 1 unspecified atom stereocenters. The van der Waals surface area contributed by atoms with Gasteiger partial charge in [0, 0.05) is 11.6 Å². The Hall–Kier alpha value is -3.60. The highest BCUT2D eigenvalue weighted by Gasteiger charge is 2.33. The van der Waals surface area contributed by atoms with Crippen LogP contribution in [0, 0.1) is 11.3 Å². The number of nitriles is 1. The van der Waals surface area contributed by atoms with Crippen molar-refractivity contribution in [2.45, 2.75) is 25.7 Å². The predicted molar refractivity (Wildman–Crippen MR) is 126 cm³/mol. The van der Waals surface area contributed by atoms with Gasteiger partial charge in [-0.15, -0.1) is 0 Å². The number of rotatable bonds is 7. The molecule has 0 saturated heterocycles. The Balaban J connectivity index is 1.57. The van der Waals surface area contributed by atoms with E-state index in [1.165, 1.54) is 24.5 Å². The van der Waals surface area contributed by atoms with Crippen molar-refractivity contribution in [1.82, 2.24) is 0 Å². The molecule has 2 N–H and O–H groups in total. The van der Waals surface area contributed by atoms with E-state index in [0.29, 0.717) is 29.4 Å². The third kappa shape index (κ3) is 4.69. The molecule has 34 heavy (non-hydrogen) atoms. The highest BCUT2D eigenvalue weighted by molar-refractivity contribution is 6.37. The standard InChI is InChI=1S/C25H20Cl2N2O5/c1-2-3-8-32-23-18(26)10-14(11-19(23)27)25(30)33-15-6-7-16-21(12-15)34-24(29)17(13-28)22(16)20-5-4-9-31-20/h4-7,9-12,22H,2-3,8,29H2,1H3. The van der Waals surface area contributed by atoms with Crippen LogP contribution in [0.3, 0.4) is 0 Å². The van der Waals surface area contributed by atoms with Gasteiger partial charge in [0.05, 0.1) is 34.4 Å². The van der Waals surface area contributed by atoms with Crippen LogP contribution >= 0.6 is 23.2 Å². The van der Waals surface area contributed by atoms with Gasteiger partial charge >= 0.3 is 5.97 Å². The number of benzene rings is 2. The highest BCUT2D eigenvalue weighted by atomic mass is 35.5. The maximum atomic E-state index is 12.8. The fourth-order valence-electron chi connectivity index (χ4n) is 3.55. The molecule has 0 spiro atoms. The second-order valence-electron chi connectivity index (χ2n) is 7.50. The predicted octanol–water partition coefficient (Wildman–Crippen LogP) is 6.20. The van der Waals surface area contributed by atoms with Crippen LogP contribution in [0.25, 0.3) is 0 Å². The Morgan fingerprint density at radius 1 is 1.21 bits per heavy atom. The number of halogens is 2. The number of nitrogens with two attached hydrogens (primary N) is 1. The number of hydrogen-bond donors (Lipinski definition) is 1. The topological polar surface area (TPSA) is 108 Å². The van der Waals surface area contributed by atoms with Gasteiger partial charge in [0.2, 0.25) is 5.88 Å². The van der Waals surface area contributed by atoms with Gasteiger partial charge in [0.25, 0.3) is 0 Å². The van der Waals surface area contributed by atoms with Gasteiger partial charge in [-0.1, -0.05) is 42.6 Å². The number of carbonyl (C=O) groups excluding carboxylic acids is 1. The van der Waals surface area contributed by atoms with E-state index in [0.717, 1.165) is 12.8 Å². The maximum absolute atomic E-state index is 12.8. The van der Waals surface area contributed by atoms with Gasteiger partial charge in [0.15, 0.2) is 5.75 Å². The van der Waals surface area contributed by atoms with E-state index in [2.05, 4.69) is 6.07 Å². The molecule has 7 nitrogen and oxygen atoms in total. The molecule has 4 rings (SSSR count). The van der Waals surface area contributed by atoms with E-state index in [9.17, 15) is 10.1 Å². The minimum absolute atomic E-state index is 0.0444. The summed E-state index contributed by atoms with van der Waals surface area (Å²) in [5.41, 5.74) is 7.03. The summed E-state index contributed by atoms with van der Waals surface area (Å²) in [7, 11) is 0. The molecular weight excluding hydrogens is 479 g/mol. The second-order valence-corrected chi connectivity index (χ2v) is 8.31. The third-order valence-corrected chi connectivity index (χ3v) is 5.77. The lowest BCUT2D eigenvalue weighted by Crippen LogP contribution is -2.21. The highest BCUT2D eigenvalue weighted by Crippen LogP contribution is 2.43. The molecule has 2 aromatic carbocycles. The molecule has 0 radical (unpaired) electrons. The van der Waals surface area contributed by atoms with Crippen LogP contribution in [0.4, 0.5) is 0 Å². The molecule has 1 aromatic heterocycles. The van der Waals surface area contributed by atoms with Crippen molar-refractivity contribution in [3.05, 3.63) is 87.1 Å². The van der Waals surface area contributed by atoms with Crippen LogP contribution in [0.1, 0.15) is 47.4 Å². The number of esters is 1. The number of fused-ring (bicyclic) bond motifs is 1. The van der Waals surface area contributed by atoms with Crippen molar-refractivity contribution >= 4 is 29.2 Å². The normalized spacial score (nSPS) is 14.7. The molecule has 1 atom stereocenters. The quantitative estimate of drug-likeness (QED) is 0.234. The molecule has 3 aromatic rings. The van der Waals surface area contributed by atoms with Gasteiger partial charge in [-0.2, -0.15) is 5.26 Å². The first-order chi connectivity index (χ1) is 16.4. The van der Waals surface area contributed by atoms with Crippen molar-refractivity contribution in [3.8, 4) is 23.3 Å². The first-order valence-corrected chi connectivity index (χ1v) is 11.3. The maximum Gasteiger partial charge on any atom is 0.343 e. The molecular formula is C25H20Cl2N2O5. The number of allylic oxidation sites excluding steroid dienone is 1. The molecule has 9 heteroatoms.